The van der Waals surface area contributed by atoms with Crippen LogP contribution in [0.2, 0.25) is 0 Å². The van der Waals surface area contributed by atoms with Crippen LogP contribution in [-0.4, -0.2) is 46.2 Å². The minimum atomic E-state index is -0.921. The fraction of sp³-hybridized carbons (Fsp3) is 0.643. The number of fused-ring (bicyclic) bond motifs is 1. The quantitative estimate of drug-likeness (QED) is 0.893. The summed E-state index contributed by atoms with van der Waals surface area (Å²) >= 11 is 0. The van der Waals surface area contributed by atoms with Crippen LogP contribution in [0.5, 0.6) is 5.88 Å². The average molecular weight is 294 g/mol. The van der Waals surface area contributed by atoms with Gasteiger partial charge in [-0.1, -0.05) is 6.42 Å². The first-order chi connectivity index (χ1) is 10.1. The predicted octanol–water partition coefficient (Wildman–Crippen LogP) is 1.07. The molecule has 1 N–H and O–H groups in total. The van der Waals surface area contributed by atoms with Gasteiger partial charge in [0, 0.05) is 12.6 Å². The molecule has 114 valence electrons. The third-order valence-electron chi connectivity index (χ3n) is 4.41. The van der Waals surface area contributed by atoms with E-state index in [1.807, 2.05) is 0 Å². The zero-order chi connectivity index (χ0) is 15.0. The SMILES string of the molecule is Cc1cc(OCC(=O)N2CC3CCCC3C2C(=O)O)no1. The molecule has 1 aliphatic carbocycles. The topological polar surface area (TPSA) is 92.9 Å². The summed E-state index contributed by atoms with van der Waals surface area (Å²) in [6, 6.07) is 0.869. The maximum absolute atomic E-state index is 12.3. The highest BCUT2D eigenvalue weighted by molar-refractivity contribution is 5.85. The Morgan fingerprint density at radius 1 is 1.52 bits per heavy atom. The Morgan fingerprint density at radius 2 is 2.33 bits per heavy atom. The summed E-state index contributed by atoms with van der Waals surface area (Å²) in [6.45, 7) is 2.03. The zero-order valence-corrected chi connectivity index (χ0v) is 11.8. The van der Waals surface area contributed by atoms with E-state index in [4.69, 9.17) is 9.26 Å². The van der Waals surface area contributed by atoms with Crippen molar-refractivity contribution >= 4 is 11.9 Å². The lowest BCUT2D eigenvalue weighted by Crippen LogP contribution is -2.45. The minimum Gasteiger partial charge on any atom is -0.480 e. The molecule has 1 amide bonds. The number of rotatable bonds is 4. The number of aromatic nitrogens is 1. The Labute approximate surface area is 121 Å². The van der Waals surface area contributed by atoms with Gasteiger partial charge in [0.15, 0.2) is 6.61 Å². The number of amides is 1. The van der Waals surface area contributed by atoms with Gasteiger partial charge in [0.1, 0.15) is 11.8 Å². The molecular formula is C14H18N2O5. The molecule has 0 radical (unpaired) electrons. The van der Waals surface area contributed by atoms with Gasteiger partial charge in [-0.25, -0.2) is 4.79 Å². The van der Waals surface area contributed by atoms with Gasteiger partial charge in [-0.15, -0.1) is 0 Å². The summed E-state index contributed by atoms with van der Waals surface area (Å²) in [5.41, 5.74) is 0. The Hall–Kier alpha value is -2.05. The number of carboxylic acid groups (broad SMARTS) is 1. The largest absolute Gasteiger partial charge is 0.480 e. The molecule has 0 aromatic carbocycles. The second-order valence-electron chi connectivity index (χ2n) is 5.75. The molecule has 2 aliphatic rings. The first kappa shape index (κ1) is 13.9. The molecule has 0 bridgehead atoms. The van der Waals surface area contributed by atoms with Crippen LogP contribution in [0.1, 0.15) is 25.0 Å². The van der Waals surface area contributed by atoms with E-state index < -0.39 is 12.0 Å². The molecule has 1 saturated carbocycles. The maximum Gasteiger partial charge on any atom is 0.326 e. The van der Waals surface area contributed by atoms with Crippen LogP contribution in [0.15, 0.2) is 10.6 Å². The number of carbonyl (C=O) groups excluding carboxylic acids is 1. The summed E-state index contributed by atoms with van der Waals surface area (Å²) in [5, 5.41) is 13.0. The fourth-order valence-electron chi connectivity index (χ4n) is 3.51. The molecule has 2 heterocycles. The summed E-state index contributed by atoms with van der Waals surface area (Å²) in [5.74, 6) is 0.00116. The van der Waals surface area contributed by atoms with Gasteiger partial charge < -0.3 is 19.3 Å². The van der Waals surface area contributed by atoms with Crippen molar-refractivity contribution in [2.24, 2.45) is 11.8 Å². The third kappa shape index (κ3) is 2.59. The molecule has 1 aliphatic heterocycles. The van der Waals surface area contributed by atoms with Gasteiger partial charge in [0.25, 0.3) is 11.8 Å². The molecule has 2 fully saturated rings. The number of hydrogen-bond acceptors (Lipinski definition) is 5. The smallest absolute Gasteiger partial charge is 0.326 e. The van der Waals surface area contributed by atoms with E-state index in [2.05, 4.69) is 5.16 Å². The number of carboxylic acids is 1. The van der Waals surface area contributed by atoms with Crippen molar-refractivity contribution < 1.29 is 24.0 Å². The fourth-order valence-corrected chi connectivity index (χ4v) is 3.51. The third-order valence-corrected chi connectivity index (χ3v) is 4.41. The lowest BCUT2D eigenvalue weighted by Gasteiger charge is -2.24. The second-order valence-corrected chi connectivity index (χ2v) is 5.75. The minimum absolute atomic E-state index is 0.0840. The van der Waals surface area contributed by atoms with E-state index in [0.29, 0.717) is 18.2 Å². The average Bonchev–Trinajstić information content (AvgIpc) is 3.09. The summed E-state index contributed by atoms with van der Waals surface area (Å²) in [6.07, 6.45) is 2.94. The number of aryl methyl sites for hydroxylation is 1. The molecule has 0 spiro atoms. The van der Waals surface area contributed by atoms with Gasteiger partial charge >= 0.3 is 5.97 Å². The van der Waals surface area contributed by atoms with Crippen molar-refractivity contribution in [2.45, 2.75) is 32.2 Å². The van der Waals surface area contributed by atoms with Crippen LogP contribution in [0.3, 0.4) is 0 Å². The van der Waals surface area contributed by atoms with Crippen molar-refractivity contribution in [1.82, 2.24) is 10.1 Å². The molecule has 1 saturated heterocycles. The number of ether oxygens (including phenoxy) is 1. The molecule has 1 aromatic heterocycles. The van der Waals surface area contributed by atoms with Crippen LogP contribution in [0, 0.1) is 18.8 Å². The normalized spacial score (nSPS) is 27.7. The van der Waals surface area contributed by atoms with E-state index in [9.17, 15) is 14.7 Å². The summed E-state index contributed by atoms with van der Waals surface area (Å²) in [4.78, 5) is 25.2. The van der Waals surface area contributed by atoms with Gasteiger partial charge in [-0.3, -0.25) is 4.79 Å². The van der Waals surface area contributed by atoms with E-state index in [0.717, 1.165) is 19.3 Å². The standard InChI is InChI=1S/C14H18N2O5/c1-8-5-11(15-21-8)20-7-12(17)16-6-9-3-2-4-10(9)13(16)14(18)19/h5,9-10,13H,2-4,6-7H2,1H3,(H,18,19). The Morgan fingerprint density at radius 3 is 3.00 bits per heavy atom. The lowest BCUT2D eigenvalue weighted by molar-refractivity contribution is -0.150. The number of hydrogen-bond donors (Lipinski definition) is 1. The van der Waals surface area contributed by atoms with Gasteiger partial charge in [-0.05, 0) is 36.8 Å². The first-order valence-corrected chi connectivity index (χ1v) is 7.14. The van der Waals surface area contributed by atoms with Crippen molar-refractivity contribution in [3.05, 3.63) is 11.8 Å². The second kappa shape index (κ2) is 5.38. The lowest BCUT2D eigenvalue weighted by atomic mass is 9.94. The highest BCUT2D eigenvalue weighted by atomic mass is 16.5. The van der Waals surface area contributed by atoms with Crippen LogP contribution < -0.4 is 4.74 Å². The summed E-state index contributed by atoms with van der Waals surface area (Å²) in [7, 11) is 0. The Balaban J connectivity index is 1.64. The van der Waals surface area contributed by atoms with Crippen LogP contribution in [0.25, 0.3) is 0 Å². The molecule has 3 rings (SSSR count). The molecular weight excluding hydrogens is 276 g/mol. The molecule has 21 heavy (non-hydrogen) atoms. The number of nitrogens with zero attached hydrogens (tertiary/aromatic N) is 2. The monoisotopic (exact) mass is 294 g/mol. The van der Waals surface area contributed by atoms with Gasteiger partial charge in [0.05, 0.1) is 0 Å². The predicted molar refractivity (Wildman–Crippen MR) is 70.7 cm³/mol. The number of carbonyl (C=O) groups is 2. The Bertz CT molecular complexity index is 555. The molecule has 1 aromatic rings. The van der Waals surface area contributed by atoms with Crippen LogP contribution in [0.4, 0.5) is 0 Å². The van der Waals surface area contributed by atoms with Crippen LogP contribution >= 0.6 is 0 Å². The van der Waals surface area contributed by atoms with E-state index in [-0.39, 0.29) is 24.3 Å². The number of aliphatic carboxylic acids is 1. The van der Waals surface area contributed by atoms with Crippen molar-refractivity contribution in [1.29, 1.82) is 0 Å². The zero-order valence-electron chi connectivity index (χ0n) is 11.8. The molecule has 3 unspecified atom stereocenters. The van der Waals surface area contributed by atoms with Crippen molar-refractivity contribution in [2.75, 3.05) is 13.2 Å². The van der Waals surface area contributed by atoms with E-state index >= 15 is 0 Å². The highest BCUT2D eigenvalue weighted by Crippen LogP contribution is 2.42. The van der Waals surface area contributed by atoms with Gasteiger partial charge in [-0.2, -0.15) is 0 Å². The molecule has 7 nitrogen and oxygen atoms in total. The summed E-state index contributed by atoms with van der Waals surface area (Å²) < 4.78 is 10.1. The van der Waals surface area contributed by atoms with Crippen molar-refractivity contribution in [3.63, 3.8) is 0 Å². The maximum atomic E-state index is 12.3. The molecule has 3 atom stereocenters. The number of likely N-dealkylation sites (tertiary alicyclic amines) is 1. The van der Waals surface area contributed by atoms with Crippen molar-refractivity contribution in [3.8, 4) is 5.88 Å². The Kier molecular flexibility index (Phi) is 3.57. The highest BCUT2D eigenvalue weighted by Gasteiger charge is 2.49. The van der Waals surface area contributed by atoms with Crippen LogP contribution in [-0.2, 0) is 9.59 Å². The van der Waals surface area contributed by atoms with E-state index in [1.54, 1.807) is 13.0 Å². The molecule has 7 heteroatoms. The van der Waals surface area contributed by atoms with E-state index in [1.165, 1.54) is 4.90 Å². The van der Waals surface area contributed by atoms with Gasteiger partial charge in [0.2, 0.25) is 0 Å². The first-order valence-electron chi connectivity index (χ1n) is 7.14.